The Morgan fingerprint density at radius 1 is 0.714 bits per heavy atom. The molecule has 0 atom stereocenters. The van der Waals surface area contributed by atoms with E-state index >= 15 is 0 Å². The minimum Gasteiger partial charge on any atom is -0.550 e. The number of para-hydroxylation sites is 2. The molecule has 0 saturated carbocycles. The Bertz CT molecular complexity index is 1170. The number of nitrogens with zero attached hydrogens (tertiary/aromatic N) is 2. The summed E-state index contributed by atoms with van der Waals surface area (Å²) in [6, 6.07) is 15.2. The molecule has 2 aromatic heterocycles. The van der Waals surface area contributed by atoms with Crippen LogP contribution >= 0.6 is 47.1 Å². The van der Waals surface area contributed by atoms with Crippen LogP contribution < -0.4 is 19.7 Å². The number of carboxylic acids is 2. The summed E-state index contributed by atoms with van der Waals surface area (Å²) in [4.78, 5) is 29.0. The second kappa shape index (κ2) is 14.2. The van der Waals surface area contributed by atoms with Gasteiger partial charge in [0.05, 0.1) is 20.4 Å². The third-order valence-electron chi connectivity index (χ3n) is 4.02. The van der Waals surface area contributed by atoms with Crippen LogP contribution in [0.2, 0.25) is 0 Å². The zero-order valence-corrected chi connectivity index (χ0v) is 24.4. The first-order valence-corrected chi connectivity index (χ1v) is 12.3. The number of thiocarbonyl (C=S) groups is 2. The molecule has 0 saturated heterocycles. The SMILES string of the molecule is O=C([O-])CCC(=S)Oc1nc2ccccc2s1.O=C([O-])CCC(=S)Oc1nc2ccccc2s1.[Zn+2]. The molecule has 2 heterocycles. The van der Waals surface area contributed by atoms with Crippen molar-refractivity contribution < 1.29 is 48.8 Å². The number of hydrogen-bond acceptors (Lipinski definition) is 12. The maximum absolute atomic E-state index is 10.3. The van der Waals surface area contributed by atoms with Crippen LogP contribution in [0.25, 0.3) is 20.4 Å². The van der Waals surface area contributed by atoms with E-state index in [1.54, 1.807) is 0 Å². The largest absolute Gasteiger partial charge is 2.00 e. The molecule has 0 radical (unpaired) electrons. The summed E-state index contributed by atoms with van der Waals surface area (Å²) in [6.07, 6.45) is 0.0502. The standard InChI is InChI=1S/2C11H9NO3S2.Zn/c2*13-9(14)5-6-10(16)15-11-12-7-3-1-2-4-8(7)17-11;/h2*1-4H,5-6H2,(H,13,14);/q;;+2/p-2. The molecular weight excluding hydrogens is 582 g/mol. The molecule has 0 fully saturated rings. The Morgan fingerprint density at radius 2 is 1.09 bits per heavy atom. The Hall–Kier alpha value is -2.44. The maximum Gasteiger partial charge on any atom is 2.00 e. The third kappa shape index (κ3) is 9.62. The van der Waals surface area contributed by atoms with Crippen LogP contribution in [0, 0.1) is 0 Å². The second-order valence-corrected chi connectivity index (χ2v) is 9.48. The van der Waals surface area contributed by atoms with E-state index in [2.05, 4.69) is 9.97 Å². The molecule has 0 amide bonds. The molecular formula is C22H16N2O6S4Zn. The number of carbonyl (C=O) groups is 2. The van der Waals surface area contributed by atoms with E-state index in [1.165, 1.54) is 22.7 Å². The van der Waals surface area contributed by atoms with Gasteiger partial charge in [-0.05, 0) is 61.5 Å². The predicted molar refractivity (Wildman–Crippen MR) is 134 cm³/mol. The number of aliphatic carboxylic acids is 2. The third-order valence-corrected chi connectivity index (χ3v) is 6.42. The molecule has 0 aliphatic carbocycles. The molecule has 0 spiro atoms. The fourth-order valence-corrected chi connectivity index (χ4v) is 4.64. The summed E-state index contributed by atoms with van der Waals surface area (Å²) >= 11 is 12.6. The maximum atomic E-state index is 10.3. The number of carboxylic acid groups (broad SMARTS) is 2. The average molecular weight is 598 g/mol. The smallest absolute Gasteiger partial charge is 0.550 e. The van der Waals surface area contributed by atoms with Gasteiger partial charge >= 0.3 is 19.5 Å². The molecule has 176 valence electrons. The van der Waals surface area contributed by atoms with Crippen LogP contribution in [-0.4, -0.2) is 32.0 Å². The first-order chi connectivity index (χ1) is 16.3. The number of benzene rings is 2. The number of hydrogen-bond donors (Lipinski definition) is 0. The van der Waals surface area contributed by atoms with Gasteiger partial charge in [-0.15, -0.1) is 0 Å². The van der Waals surface area contributed by atoms with Crippen molar-refractivity contribution in [2.45, 2.75) is 25.7 Å². The number of thiazole rings is 2. The van der Waals surface area contributed by atoms with Gasteiger partial charge < -0.3 is 29.3 Å². The van der Waals surface area contributed by atoms with Crippen LogP contribution in [0.3, 0.4) is 0 Å². The van der Waals surface area contributed by atoms with Gasteiger partial charge in [-0.3, -0.25) is 0 Å². The molecule has 8 nitrogen and oxygen atoms in total. The van der Waals surface area contributed by atoms with E-state index in [0.717, 1.165) is 20.4 Å². The fourth-order valence-electron chi connectivity index (χ4n) is 2.49. The quantitative estimate of drug-likeness (QED) is 0.221. The molecule has 0 bridgehead atoms. The molecule has 0 unspecified atom stereocenters. The number of fused-ring (bicyclic) bond motifs is 2. The molecule has 2 aromatic carbocycles. The number of carbonyl (C=O) groups excluding carboxylic acids is 2. The molecule has 4 aromatic rings. The predicted octanol–water partition coefficient (Wildman–Crippen LogP) is 3.06. The minimum atomic E-state index is -1.14. The number of rotatable bonds is 8. The summed E-state index contributed by atoms with van der Waals surface area (Å²) in [5, 5.41) is 21.8. The van der Waals surface area contributed by atoms with Crippen LogP contribution in [0.5, 0.6) is 10.4 Å². The van der Waals surface area contributed by atoms with Crippen molar-refractivity contribution >= 4 is 89.6 Å². The van der Waals surface area contributed by atoms with Gasteiger partial charge in [-0.25, -0.2) is 9.97 Å². The normalized spacial score (nSPS) is 10.1. The van der Waals surface area contributed by atoms with Gasteiger partial charge in [-0.1, -0.05) is 46.9 Å². The summed E-state index contributed by atoms with van der Waals surface area (Å²) < 4.78 is 12.6. The van der Waals surface area contributed by atoms with E-state index in [-0.39, 0.29) is 55.3 Å². The molecule has 0 aliphatic heterocycles. The van der Waals surface area contributed by atoms with E-state index in [0.29, 0.717) is 10.4 Å². The molecule has 13 heteroatoms. The fraction of sp³-hybridized carbons (Fsp3) is 0.182. The van der Waals surface area contributed by atoms with Crippen LogP contribution in [0.15, 0.2) is 48.5 Å². The summed E-state index contributed by atoms with van der Waals surface area (Å²) in [7, 11) is 0. The van der Waals surface area contributed by atoms with Gasteiger partial charge in [0, 0.05) is 24.8 Å². The first kappa shape index (κ1) is 28.8. The number of aromatic nitrogens is 2. The van der Waals surface area contributed by atoms with Crippen LogP contribution in [0.1, 0.15) is 25.7 Å². The van der Waals surface area contributed by atoms with Crippen LogP contribution in [0.4, 0.5) is 0 Å². The van der Waals surface area contributed by atoms with Gasteiger partial charge in [0.1, 0.15) is 0 Å². The van der Waals surface area contributed by atoms with Crippen molar-refractivity contribution in [2.75, 3.05) is 0 Å². The first-order valence-electron chi connectivity index (χ1n) is 9.82. The van der Waals surface area contributed by atoms with Crippen molar-refractivity contribution in [1.29, 1.82) is 0 Å². The Labute approximate surface area is 231 Å². The zero-order valence-electron chi connectivity index (χ0n) is 18.1. The Balaban J connectivity index is 0.000000240. The number of ether oxygens (including phenoxy) is 2. The van der Waals surface area contributed by atoms with Crippen molar-refractivity contribution in [3.8, 4) is 10.4 Å². The van der Waals surface area contributed by atoms with Crippen LogP contribution in [-0.2, 0) is 29.1 Å². The molecule has 4 rings (SSSR count). The second-order valence-electron chi connectivity index (χ2n) is 6.59. The van der Waals surface area contributed by atoms with E-state index in [9.17, 15) is 19.8 Å². The van der Waals surface area contributed by atoms with Gasteiger partial charge in [-0.2, -0.15) is 0 Å². The van der Waals surface area contributed by atoms with Gasteiger partial charge in [0.15, 0.2) is 10.1 Å². The minimum absolute atomic E-state index is 0. The van der Waals surface area contributed by atoms with Gasteiger partial charge in [0.2, 0.25) is 0 Å². The summed E-state index contributed by atoms with van der Waals surface area (Å²) in [5.41, 5.74) is 1.69. The van der Waals surface area contributed by atoms with E-state index in [4.69, 9.17) is 33.9 Å². The Kier molecular flexibility index (Phi) is 11.7. The van der Waals surface area contributed by atoms with Crippen molar-refractivity contribution in [1.82, 2.24) is 9.97 Å². The monoisotopic (exact) mass is 596 g/mol. The van der Waals surface area contributed by atoms with E-state index in [1.807, 2.05) is 48.5 Å². The van der Waals surface area contributed by atoms with E-state index < -0.39 is 11.9 Å². The molecule has 0 N–H and O–H groups in total. The molecule has 35 heavy (non-hydrogen) atoms. The summed E-state index contributed by atoms with van der Waals surface area (Å²) in [5.74, 6) is -2.28. The molecule has 0 aliphatic rings. The van der Waals surface area contributed by atoms with Crippen molar-refractivity contribution in [2.24, 2.45) is 0 Å². The average Bonchev–Trinajstić information content (AvgIpc) is 3.39. The van der Waals surface area contributed by atoms with Gasteiger partial charge in [0.25, 0.3) is 10.4 Å². The topological polar surface area (TPSA) is 124 Å². The van der Waals surface area contributed by atoms with Crippen molar-refractivity contribution in [3.63, 3.8) is 0 Å². The Morgan fingerprint density at radius 3 is 1.43 bits per heavy atom. The zero-order chi connectivity index (χ0) is 24.5. The summed E-state index contributed by atoms with van der Waals surface area (Å²) in [6.45, 7) is 0. The van der Waals surface area contributed by atoms with Crippen molar-refractivity contribution in [3.05, 3.63) is 48.5 Å².